The topological polar surface area (TPSA) is 63.6 Å². The average Bonchev–Trinajstić information content (AvgIpc) is 2.83. The zero-order valence-electron chi connectivity index (χ0n) is 24.5. The fraction of sp³-hybridized carbons (Fsp3) is 0.938. The maximum Gasteiger partial charge on any atom is 0.306 e. The van der Waals surface area contributed by atoms with Gasteiger partial charge in [-0.1, -0.05) is 130 Å². The predicted molar refractivity (Wildman–Crippen MR) is 153 cm³/mol. The molecule has 0 aromatic rings. The van der Waals surface area contributed by atoms with Gasteiger partial charge in [-0.3, -0.25) is 9.59 Å². The molecular weight excluding hydrogens is 448 g/mol. The van der Waals surface area contributed by atoms with E-state index in [-0.39, 0.29) is 12.1 Å². The second-order valence-corrected chi connectivity index (χ2v) is 11.5. The molecule has 0 bridgehead atoms. The Labute approximate surface area is 224 Å². The summed E-state index contributed by atoms with van der Waals surface area (Å²) in [6.07, 6.45) is 28.4. The molecule has 4 nitrogen and oxygen atoms in total. The number of carbonyl (C=O) groups is 2. The second kappa shape index (κ2) is 27.0. The SMILES string of the molecule is CCCCCCCCCCC(CCCCCCC(C)C)OC(=O)CCCCCCCCCCC(=O)O. The molecule has 0 amide bonds. The van der Waals surface area contributed by atoms with Crippen LogP contribution in [0.5, 0.6) is 0 Å². The third kappa shape index (κ3) is 27.5. The van der Waals surface area contributed by atoms with Crippen molar-refractivity contribution in [2.24, 2.45) is 5.92 Å². The first-order valence-corrected chi connectivity index (χ1v) is 15.9. The van der Waals surface area contributed by atoms with E-state index in [4.69, 9.17) is 9.84 Å². The first-order valence-electron chi connectivity index (χ1n) is 15.9. The number of esters is 1. The number of hydrogen-bond acceptors (Lipinski definition) is 3. The van der Waals surface area contributed by atoms with Gasteiger partial charge in [-0.2, -0.15) is 0 Å². The number of carboxylic acids is 1. The van der Waals surface area contributed by atoms with E-state index in [1.54, 1.807) is 0 Å². The molecule has 0 saturated carbocycles. The van der Waals surface area contributed by atoms with Crippen molar-refractivity contribution in [1.29, 1.82) is 0 Å². The van der Waals surface area contributed by atoms with E-state index in [9.17, 15) is 9.59 Å². The summed E-state index contributed by atoms with van der Waals surface area (Å²) in [5, 5.41) is 8.66. The van der Waals surface area contributed by atoms with Crippen molar-refractivity contribution in [3.63, 3.8) is 0 Å². The highest BCUT2D eigenvalue weighted by atomic mass is 16.5. The minimum atomic E-state index is -0.691. The van der Waals surface area contributed by atoms with Gasteiger partial charge in [0.25, 0.3) is 0 Å². The molecule has 4 heteroatoms. The molecule has 0 aliphatic heterocycles. The Morgan fingerprint density at radius 3 is 1.39 bits per heavy atom. The third-order valence-electron chi connectivity index (χ3n) is 7.26. The Morgan fingerprint density at radius 1 is 0.556 bits per heavy atom. The molecule has 0 saturated heterocycles. The summed E-state index contributed by atoms with van der Waals surface area (Å²) in [6.45, 7) is 6.86. The highest BCUT2D eigenvalue weighted by Gasteiger charge is 2.14. The number of hydrogen-bond donors (Lipinski definition) is 1. The van der Waals surface area contributed by atoms with Crippen LogP contribution in [0.25, 0.3) is 0 Å². The van der Waals surface area contributed by atoms with Crippen LogP contribution in [-0.4, -0.2) is 23.1 Å². The molecule has 0 aliphatic rings. The minimum Gasteiger partial charge on any atom is -0.481 e. The van der Waals surface area contributed by atoms with E-state index in [1.165, 1.54) is 96.3 Å². The zero-order valence-corrected chi connectivity index (χ0v) is 24.5. The van der Waals surface area contributed by atoms with Crippen LogP contribution in [-0.2, 0) is 14.3 Å². The highest BCUT2D eigenvalue weighted by molar-refractivity contribution is 5.69. The van der Waals surface area contributed by atoms with E-state index in [0.717, 1.165) is 57.3 Å². The van der Waals surface area contributed by atoms with Crippen molar-refractivity contribution in [3.8, 4) is 0 Å². The van der Waals surface area contributed by atoms with Gasteiger partial charge >= 0.3 is 11.9 Å². The molecule has 1 unspecified atom stereocenters. The van der Waals surface area contributed by atoms with Crippen molar-refractivity contribution in [2.75, 3.05) is 0 Å². The number of rotatable bonds is 28. The summed E-state index contributed by atoms with van der Waals surface area (Å²) >= 11 is 0. The quantitative estimate of drug-likeness (QED) is 0.0839. The third-order valence-corrected chi connectivity index (χ3v) is 7.26. The molecule has 36 heavy (non-hydrogen) atoms. The molecule has 0 aromatic carbocycles. The van der Waals surface area contributed by atoms with Crippen LogP contribution in [0, 0.1) is 5.92 Å². The lowest BCUT2D eigenvalue weighted by Gasteiger charge is -2.18. The van der Waals surface area contributed by atoms with Crippen LogP contribution in [0.4, 0.5) is 0 Å². The number of unbranched alkanes of at least 4 members (excludes halogenated alkanes) is 17. The van der Waals surface area contributed by atoms with E-state index in [0.29, 0.717) is 12.8 Å². The van der Waals surface area contributed by atoms with Gasteiger partial charge in [0.1, 0.15) is 6.10 Å². The Kier molecular flexibility index (Phi) is 26.2. The van der Waals surface area contributed by atoms with Crippen molar-refractivity contribution in [3.05, 3.63) is 0 Å². The number of carboxylic acid groups (broad SMARTS) is 1. The lowest BCUT2D eigenvalue weighted by Crippen LogP contribution is -2.18. The van der Waals surface area contributed by atoms with Gasteiger partial charge in [0.2, 0.25) is 0 Å². The molecular formula is C32H62O4. The van der Waals surface area contributed by atoms with Crippen molar-refractivity contribution >= 4 is 11.9 Å². The summed E-state index contributed by atoms with van der Waals surface area (Å²) in [4.78, 5) is 23.0. The smallest absolute Gasteiger partial charge is 0.306 e. The van der Waals surface area contributed by atoms with E-state index in [1.807, 2.05) is 0 Å². The maximum atomic E-state index is 12.5. The number of carbonyl (C=O) groups excluding carboxylic acids is 1. The molecule has 0 heterocycles. The van der Waals surface area contributed by atoms with Crippen molar-refractivity contribution < 1.29 is 19.4 Å². The lowest BCUT2D eigenvalue weighted by molar-refractivity contribution is -0.150. The van der Waals surface area contributed by atoms with E-state index >= 15 is 0 Å². The molecule has 0 fully saturated rings. The number of ether oxygens (including phenoxy) is 1. The monoisotopic (exact) mass is 510 g/mol. The van der Waals surface area contributed by atoms with E-state index in [2.05, 4.69) is 20.8 Å². The zero-order chi connectivity index (χ0) is 26.7. The maximum absolute atomic E-state index is 12.5. The largest absolute Gasteiger partial charge is 0.481 e. The standard InChI is InChI=1S/C32H62O4/c1-4-5-6-7-8-11-14-20-25-30(26-21-18-17-19-24-29(2)3)36-32(35)28-23-16-13-10-9-12-15-22-27-31(33)34/h29-30H,4-28H2,1-3H3,(H,33,34). The first kappa shape index (κ1) is 34.9. The van der Waals surface area contributed by atoms with Gasteiger partial charge in [0.15, 0.2) is 0 Å². The molecule has 214 valence electrons. The van der Waals surface area contributed by atoms with Crippen molar-refractivity contribution in [2.45, 2.75) is 187 Å². The van der Waals surface area contributed by atoms with Gasteiger partial charge in [-0.25, -0.2) is 0 Å². The Hall–Kier alpha value is -1.06. The Balaban J connectivity index is 4.00. The Morgan fingerprint density at radius 2 is 0.944 bits per heavy atom. The van der Waals surface area contributed by atoms with Gasteiger partial charge in [0, 0.05) is 12.8 Å². The molecule has 1 atom stereocenters. The summed E-state index contributed by atoms with van der Waals surface area (Å²) in [5.41, 5.74) is 0. The van der Waals surface area contributed by atoms with Crippen LogP contribution in [0.2, 0.25) is 0 Å². The Bertz CT molecular complexity index is 489. The second-order valence-electron chi connectivity index (χ2n) is 11.5. The normalized spacial score (nSPS) is 12.2. The van der Waals surface area contributed by atoms with Gasteiger partial charge < -0.3 is 9.84 Å². The van der Waals surface area contributed by atoms with Crippen LogP contribution < -0.4 is 0 Å². The average molecular weight is 511 g/mol. The summed E-state index contributed by atoms with van der Waals surface area (Å²) in [7, 11) is 0. The van der Waals surface area contributed by atoms with Gasteiger partial charge in [-0.05, 0) is 44.4 Å². The minimum absolute atomic E-state index is 0.00745. The molecule has 0 spiro atoms. The molecule has 1 N–H and O–H groups in total. The predicted octanol–water partition coefficient (Wildman–Crippen LogP) is 10.4. The lowest BCUT2D eigenvalue weighted by atomic mass is 10.0. The van der Waals surface area contributed by atoms with Crippen LogP contribution >= 0.6 is 0 Å². The van der Waals surface area contributed by atoms with Gasteiger partial charge in [0.05, 0.1) is 0 Å². The fourth-order valence-electron chi connectivity index (χ4n) is 4.90. The van der Waals surface area contributed by atoms with Crippen LogP contribution in [0.1, 0.15) is 181 Å². The first-order chi connectivity index (χ1) is 17.5. The molecule has 0 aromatic heterocycles. The molecule has 0 aliphatic carbocycles. The van der Waals surface area contributed by atoms with Crippen LogP contribution in [0.3, 0.4) is 0 Å². The fourth-order valence-corrected chi connectivity index (χ4v) is 4.90. The van der Waals surface area contributed by atoms with Crippen LogP contribution in [0.15, 0.2) is 0 Å². The van der Waals surface area contributed by atoms with E-state index < -0.39 is 5.97 Å². The highest BCUT2D eigenvalue weighted by Crippen LogP contribution is 2.19. The molecule has 0 radical (unpaired) electrons. The van der Waals surface area contributed by atoms with Crippen molar-refractivity contribution in [1.82, 2.24) is 0 Å². The molecule has 0 rings (SSSR count). The summed E-state index contributed by atoms with van der Waals surface area (Å²) in [5.74, 6) is 0.112. The summed E-state index contributed by atoms with van der Waals surface area (Å²) in [6, 6.07) is 0. The summed E-state index contributed by atoms with van der Waals surface area (Å²) < 4.78 is 5.96. The van der Waals surface area contributed by atoms with Gasteiger partial charge in [-0.15, -0.1) is 0 Å². The number of aliphatic carboxylic acids is 1.